The number of aromatic nitrogens is 2. The Morgan fingerprint density at radius 1 is 1.25 bits per heavy atom. The standard InChI is InChI=1S/C15H20N4O/c1-18-9-5-6-11(10-18)16-14-12-7-3-4-8-13(12)15(20)19(2)17-14/h3-4,7-8,11H,5-6,9-10H2,1-2H3,(H,16,17). The van der Waals surface area contributed by atoms with Crippen LogP contribution < -0.4 is 10.9 Å². The third-order valence-corrected chi connectivity index (χ3v) is 3.92. The zero-order valence-corrected chi connectivity index (χ0v) is 12.0. The van der Waals surface area contributed by atoms with Crippen molar-refractivity contribution in [2.45, 2.75) is 18.9 Å². The molecule has 0 radical (unpaired) electrons. The number of likely N-dealkylation sites (N-methyl/N-ethyl adjacent to an activating group) is 1. The van der Waals surface area contributed by atoms with E-state index in [4.69, 9.17) is 0 Å². The smallest absolute Gasteiger partial charge is 0.274 e. The second kappa shape index (κ2) is 5.25. The molecule has 0 spiro atoms. The van der Waals surface area contributed by atoms with E-state index >= 15 is 0 Å². The molecule has 1 aromatic carbocycles. The summed E-state index contributed by atoms with van der Waals surface area (Å²) >= 11 is 0. The molecule has 5 nitrogen and oxygen atoms in total. The molecule has 5 heteroatoms. The Kier molecular flexibility index (Phi) is 3.44. The second-order valence-corrected chi connectivity index (χ2v) is 5.57. The van der Waals surface area contributed by atoms with E-state index in [-0.39, 0.29) is 5.56 Å². The quantitative estimate of drug-likeness (QED) is 0.899. The van der Waals surface area contributed by atoms with Gasteiger partial charge in [0, 0.05) is 25.0 Å². The van der Waals surface area contributed by atoms with Crippen molar-refractivity contribution in [3.8, 4) is 0 Å². The Balaban J connectivity index is 1.99. The lowest BCUT2D eigenvalue weighted by molar-refractivity contribution is 0.260. The molecule has 1 aliphatic heterocycles. The van der Waals surface area contributed by atoms with Crippen molar-refractivity contribution in [3.05, 3.63) is 34.6 Å². The molecular formula is C15H20N4O. The molecule has 1 N–H and O–H groups in total. The van der Waals surface area contributed by atoms with Gasteiger partial charge in [0.1, 0.15) is 0 Å². The highest BCUT2D eigenvalue weighted by Gasteiger charge is 2.18. The predicted octanol–water partition coefficient (Wildman–Crippen LogP) is 1.44. The number of piperidine rings is 1. The lowest BCUT2D eigenvalue weighted by Gasteiger charge is -2.30. The van der Waals surface area contributed by atoms with Gasteiger partial charge >= 0.3 is 0 Å². The van der Waals surface area contributed by atoms with E-state index in [1.165, 1.54) is 11.1 Å². The summed E-state index contributed by atoms with van der Waals surface area (Å²) in [6.45, 7) is 2.17. The molecule has 1 aromatic heterocycles. The number of hydrogen-bond donors (Lipinski definition) is 1. The van der Waals surface area contributed by atoms with Crippen molar-refractivity contribution >= 4 is 16.6 Å². The molecule has 0 amide bonds. The van der Waals surface area contributed by atoms with Gasteiger partial charge in [0.15, 0.2) is 5.82 Å². The first-order chi connectivity index (χ1) is 9.65. The maximum absolute atomic E-state index is 12.1. The average molecular weight is 272 g/mol. The Hall–Kier alpha value is -1.88. The topological polar surface area (TPSA) is 50.2 Å². The molecule has 1 unspecified atom stereocenters. The van der Waals surface area contributed by atoms with Crippen molar-refractivity contribution in [2.75, 3.05) is 25.5 Å². The van der Waals surface area contributed by atoms with E-state index in [9.17, 15) is 4.79 Å². The first kappa shape index (κ1) is 13.1. The van der Waals surface area contributed by atoms with Crippen LogP contribution in [0.25, 0.3) is 10.8 Å². The fourth-order valence-corrected chi connectivity index (χ4v) is 2.88. The molecular weight excluding hydrogens is 252 g/mol. The third kappa shape index (κ3) is 2.41. The molecule has 20 heavy (non-hydrogen) atoms. The molecule has 0 saturated carbocycles. The van der Waals surface area contributed by atoms with Crippen molar-refractivity contribution in [2.24, 2.45) is 7.05 Å². The maximum Gasteiger partial charge on any atom is 0.274 e. The highest BCUT2D eigenvalue weighted by molar-refractivity contribution is 5.90. The van der Waals surface area contributed by atoms with Crippen LogP contribution in [-0.2, 0) is 7.05 Å². The van der Waals surface area contributed by atoms with Crippen LogP contribution in [0, 0.1) is 0 Å². The van der Waals surface area contributed by atoms with E-state index in [0.29, 0.717) is 6.04 Å². The number of fused-ring (bicyclic) bond motifs is 1. The number of likely N-dealkylation sites (tertiary alicyclic amines) is 1. The van der Waals surface area contributed by atoms with E-state index < -0.39 is 0 Å². The van der Waals surface area contributed by atoms with Gasteiger partial charge in [-0.2, -0.15) is 5.10 Å². The molecule has 1 saturated heterocycles. The zero-order valence-electron chi connectivity index (χ0n) is 12.0. The molecule has 2 heterocycles. The summed E-state index contributed by atoms with van der Waals surface area (Å²) in [5.74, 6) is 0.808. The van der Waals surface area contributed by atoms with Gasteiger partial charge in [0.2, 0.25) is 0 Å². The van der Waals surface area contributed by atoms with Crippen LogP contribution in [-0.4, -0.2) is 40.9 Å². The van der Waals surface area contributed by atoms with Crippen LogP contribution in [0.1, 0.15) is 12.8 Å². The Labute approximate surface area is 118 Å². The van der Waals surface area contributed by atoms with Gasteiger partial charge in [-0.05, 0) is 32.5 Å². The monoisotopic (exact) mass is 272 g/mol. The van der Waals surface area contributed by atoms with Gasteiger partial charge in [-0.1, -0.05) is 18.2 Å². The van der Waals surface area contributed by atoms with Gasteiger partial charge in [-0.3, -0.25) is 4.79 Å². The third-order valence-electron chi connectivity index (χ3n) is 3.92. The largest absolute Gasteiger partial charge is 0.364 e. The van der Waals surface area contributed by atoms with E-state index in [1.54, 1.807) is 7.05 Å². The minimum absolute atomic E-state index is 0.0492. The molecule has 106 valence electrons. The van der Waals surface area contributed by atoms with Crippen molar-refractivity contribution in [1.82, 2.24) is 14.7 Å². The second-order valence-electron chi connectivity index (χ2n) is 5.57. The Morgan fingerprint density at radius 3 is 2.75 bits per heavy atom. The number of nitrogens with zero attached hydrogens (tertiary/aromatic N) is 3. The number of aryl methyl sites for hydroxylation is 1. The highest BCUT2D eigenvalue weighted by Crippen LogP contribution is 2.20. The molecule has 1 atom stereocenters. The molecule has 3 rings (SSSR count). The van der Waals surface area contributed by atoms with Crippen LogP contribution in [0.3, 0.4) is 0 Å². The summed E-state index contributed by atoms with van der Waals surface area (Å²) < 4.78 is 1.41. The molecule has 1 fully saturated rings. The van der Waals surface area contributed by atoms with Gasteiger partial charge in [0.05, 0.1) is 5.39 Å². The molecule has 2 aromatic rings. The van der Waals surface area contributed by atoms with E-state index in [2.05, 4.69) is 22.4 Å². The first-order valence-electron chi connectivity index (χ1n) is 7.06. The summed E-state index contributed by atoms with van der Waals surface area (Å²) in [5, 5.41) is 9.53. The predicted molar refractivity (Wildman–Crippen MR) is 81.1 cm³/mol. The van der Waals surface area contributed by atoms with Crippen LogP contribution in [0.2, 0.25) is 0 Å². The van der Waals surface area contributed by atoms with Crippen LogP contribution in [0.4, 0.5) is 5.82 Å². The summed E-state index contributed by atoms with van der Waals surface area (Å²) in [4.78, 5) is 14.4. The van der Waals surface area contributed by atoms with Crippen LogP contribution >= 0.6 is 0 Å². The minimum Gasteiger partial charge on any atom is -0.364 e. The van der Waals surface area contributed by atoms with Gasteiger partial charge in [0.25, 0.3) is 5.56 Å². The number of anilines is 1. The van der Waals surface area contributed by atoms with Crippen molar-refractivity contribution in [1.29, 1.82) is 0 Å². The van der Waals surface area contributed by atoms with Gasteiger partial charge < -0.3 is 10.2 Å². The summed E-state index contributed by atoms with van der Waals surface area (Å²) in [7, 11) is 3.84. The van der Waals surface area contributed by atoms with Crippen LogP contribution in [0.15, 0.2) is 29.1 Å². The van der Waals surface area contributed by atoms with Crippen LogP contribution in [0.5, 0.6) is 0 Å². The lowest BCUT2D eigenvalue weighted by atomic mass is 10.1. The Bertz CT molecular complexity index is 679. The molecule has 0 aliphatic carbocycles. The van der Waals surface area contributed by atoms with E-state index in [0.717, 1.165) is 36.1 Å². The number of benzene rings is 1. The highest BCUT2D eigenvalue weighted by atomic mass is 16.1. The number of hydrogen-bond acceptors (Lipinski definition) is 4. The van der Waals surface area contributed by atoms with Crippen molar-refractivity contribution in [3.63, 3.8) is 0 Å². The first-order valence-corrected chi connectivity index (χ1v) is 7.06. The zero-order chi connectivity index (χ0) is 14.1. The summed E-state index contributed by atoms with van der Waals surface area (Å²) in [6, 6.07) is 8.04. The number of nitrogens with one attached hydrogen (secondary N) is 1. The van der Waals surface area contributed by atoms with Gasteiger partial charge in [-0.15, -0.1) is 0 Å². The summed E-state index contributed by atoms with van der Waals surface area (Å²) in [5.41, 5.74) is -0.0492. The fraction of sp³-hybridized carbons (Fsp3) is 0.467. The van der Waals surface area contributed by atoms with Gasteiger partial charge in [-0.25, -0.2) is 4.68 Å². The van der Waals surface area contributed by atoms with E-state index in [1.807, 2.05) is 24.3 Å². The number of rotatable bonds is 2. The Morgan fingerprint density at radius 2 is 2.00 bits per heavy atom. The summed E-state index contributed by atoms with van der Waals surface area (Å²) in [6.07, 6.45) is 2.33. The van der Waals surface area contributed by atoms with Crippen molar-refractivity contribution < 1.29 is 0 Å². The fourth-order valence-electron chi connectivity index (χ4n) is 2.88. The maximum atomic E-state index is 12.1. The average Bonchev–Trinajstić information content (AvgIpc) is 2.45. The SMILES string of the molecule is CN1CCCC(Nc2nn(C)c(=O)c3ccccc23)C1. The minimum atomic E-state index is -0.0492. The molecule has 1 aliphatic rings. The lowest BCUT2D eigenvalue weighted by Crippen LogP contribution is -2.40. The normalized spacial score (nSPS) is 20.2. The molecule has 0 bridgehead atoms.